The molecule has 17 heavy (non-hydrogen) atoms. The molecule has 0 aliphatic carbocycles. The maximum atomic E-state index is 2.32. The van der Waals surface area contributed by atoms with Crippen LogP contribution in [-0.4, -0.2) is 0 Å². The smallest absolute Gasteiger partial charge is 0.201 e. The highest BCUT2D eigenvalue weighted by atomic mass is 14.9. The fourth-order valence-electron chi connectivity index (χ4n) is 2.34. The van der Waals surface area contributed by atoms with Gasteiger partial charge in [-0.15, -0.1) is 0 Å². The van der Waals surface area contributed by atoms with Gasteiger partial charge in [0, 0.05) is 17.7 Å². The average Bonchev–Trinajstić information content (AvgIpc) is 2.32. The monoisotopic (exact) mass is 226 g/mol. The summed E-state index contributed by atoms with van der Waals surface area (Å²) in [6, 6.07) is 11.0. The number of benzene rings is 1. The molecule has 88 valence electrons. The Morgan fingerprint density at radius 3 is 2.47 bits per heavy atom. The Kier molecular flexibility index (Phi) is 3.28. The van der Waals surface area contributed by atoms with Crippen molar-refractivity contribution in [2.24, 2.45) is 7.05 Å². The molecule has 0 aliphatic heterocycles. The summed E-state index contributed by atoms with van der Waals surface area (Å²) < 4.78 is 2.17. The highest BCUT2D eigenvalue weighted by molar-refractivity contribution is 5.63. The molecule has 0 bridgehead atoms. The van der Waals surface area contributed by atoms with Crippen LogP contribution in [0.4, 0.5) is 0 Å². The zero-order valence-electron chi connectivity index (χ0n) is 11.1. The summed E-state index contributed by atoms with van der Waals surface area (Å²) in [5.41, 5.74) is 6.80. The van der Waals surface area contributed by atoms with Crippen LogP contribution in [0.3, 0.4) is 0 Å². The first-order valence-electron chi connectivity index (χ1n) is 6.18. The molecule has 0 saturated carbocycles. The molecule has 0 fully saturated rings. The van der Waals surface area contributed by atoms with Gasteiger partial charge in [0.25, 0.3) is 0 Å². The zero-order chi connectivity index (χ0) is 12.4. The molecule has 2 rings (SSSR count). The SMILES string of the molecule is CCc1cc(C)c(-c2cccc[n+]2C)cc1C. The summed E-state index contributed by atoms with van der Waals surface area (Å²) in [4.78, 5) is 0. The van der Waals surface area contributed by atoms with E-state index >= 15 is 0 Å². The lowest BCUT2D eigenvalue weighted by Gasteiger charge is -2.09. The molecule has 1 nitrogen and oxygen atoms in total. The Morgan fingerprint density at radius 2 is 1.82 bits per heavy atom. The summed E-state index contributed by atoms with van der Waals surface area (Å²) >= 11 is 0. The molecule has 0 unspecified atom stereocenters. The van der Waals surface area contributed by atoms with E-state index in [0.717, 1.165) is 6.42 Å². The van der Waals surface area contributed by atoms with Crippen molar-refractivity contribution in [2.45, 2.75) is 27.2 Å². The predicted molar refractivity (Wildman–Crippen MR) is 71.9 cm³/mol. The highest BCUT2D eigenvalue weighted by Crippen LogP contribution is 2.24. The van der Waals surface area contributed by atoms with Crippen LogP contribution in [0.1, 0.15) is 23.6 Å². The number of aromatic nitrogens is 1. The van der Waals surface area contributed by atoms with E-state index in [0.29, 0.717) is 0 Å². The molecule has 1 aromatic carbocycles. The van der Waals surface area contributed by atoms with Gasteiger partial charge >= 0.3 is 0 Å². The Balaban J connectivity index is 2.61. The van der Waals surface area contributed by atoms with Crippen molar-refractivity contribution >= 4 is 0 Å². The summed E-state index contributed by atoms with van der Waals surface area (Å²) in [6.07, 6.45) is 3.20. The molecular formula is C16H20N+. The summed E-state index contributed by atoms with van der Waals surface area (Å²) in [6.45, 7) is 6.61. The minimum Gasteiger partial charge on any atom is -0.201 e. The van der Waals surface area contributed by atoms with Crippen LogP contribution >= 0.6 is 0 Å². The minimum atomic E-state index is 1.11. The topological polar surface area (TPSA) is 3.88 Å². The molecule has 0 amide bonds. The van der Waals surface area contributed by atoms with E-state index in [4.69, 9.17) is 0 Å². The summed E-state index contributed by atoms with van der Waals surface area (Å²) in [7, 11) is 2.10. The van der Waals surface area contributed by atoms with Crippen LogP contribution in [0.25, 0.3) is 11.3 Å². The number of hydrogen-bond donors (Lipinski definition) is 0. The van der Waals surface area contributed by atoms with Gasteiger partial charge in [0.2, 0.25) is 5.69 Å². The summed E-state index contributed by atoms with van der Waals surface area (Å²) in [5.74, 6) is 0. The highest BCUT2D eigenvalue weighted by Gasteiger charge is 2.12. The first-order chi connectivity index (χ1) is 8.13. The zero-order valence-corrected chi connectivity index (χ0v) is 11.1. The Morgan fingerprint density at radius 1 is 1.06 bits per heavy atom. The number of hydrogen-bond acceptors (Lipinski definition) is 0. The van der Waals surface area contributed by atoms with E-state index in [-0.39, 0.29) is 0 Å². The normalized spacial score (nSPS) is 10.6. The third kappa shape index (κ3) is 2.23. The van der Waals surface area contributed by atoms with Crippen LogP contribution in [0.5, 0.6) is 0 Å². The first-order valence-corrected chi connectivity index (χ1v) is 6.18. The Hall–Kier alpha value is -1.63. The molecule has 0 N–H and O–H groups in total. The van der Waals surface area contributed by atoms with Gasteiger partial charge < -0.3 is 0 Å². The number of pyridine rings is 1. The Labute approximate surface area is 104 Å². The molecule has 0 atom stereocenters. The lowest BCUT2D eigenvalue weighted by atomic mass is 9.96. The van der Waals surface area contributed by atoms with Gasteiger partial charge in [-0.1, -0.05) is 13.0 Å². The molecule has 0 spiro atoms. The van der Waals surface area contributed by atoms with Gasteiger partial charge in [0.15, 0.2) is 6.20 Å². The molecule has 2 aromatic rings. The van der Waals surface area contributed by atoms with Crippen molar-refractivity contribution in [1.82, 2.24) is 0 Å². The maximum Gasteiger partial charge on any atom is 0.212 e. The minimum absolute atomic E-state index is 1.11. The number of nitrogens with zero attached hydrogens (tertiary/aromatic N) is 1. The lowest BCUT2D eigenvalue weighted by molar-refractivity contribution is -0.660. The van der Waals surface area contributed by atoms with Gasteiger partial charge in [-0.2, -0.15) is 0 Å². The van der Waals surface area contributed by atoms with Crippen molar-refractivity contribution in [3.63, 3.8) is 0 Å². The van der Waals surface area contributed by atoms with Crippen LogP contribution in [0.15, 0.2) is 36.5 Å². The van der Waals surface area contributed by atoms with E-state index in [9.17, 15) is 0 Å². The largest absolute Gasteiger partial charge is 0.212 e. The van der Waals surface area contributed by atoms with Crippen molar-refractivity contribution in [1.29, 1.82) is 0 Å². The van der Waals surface area contributed by atoms with Gasteiger partial charge in [0.05, 0.1) is 0 Å². The number of rotatable bonds is 2. The van der Waals surface area contributed by atoms with Crippen LogP contribution in [0.2, 0.25) is 0 Å². The molecule has 0 saturated heterocycles. The fraction of sp³-hybridized carbons (Fsp3) is 0.312. The second-order valence-corrected chi connectivity index (χ2v) is 4.64. The lowest BCUT2D eigenvalue weighted by Crippen LogP contribution is -2.30. The molecule has 0 radical (unpaired) electrons. The average molecular weight is 226 g/mol. The van der Waals surface area contributed by atoms with E-state index in [1.54, 1.807) is 0 Å². The maximum absolute atomic E-state index is 2.32. The molecule has 1 heteroatoms. The van der Waals surface area contributed by atoms with Crippen LogP contribution < -0.4 is 4.57 Å². The fourth-order valence-corrected chi connectivity index (χ4v) is 2.34. The van der Waals surface area contributed by atoms with Crippen molar-refractivity contribution in [2.75, 3.05) is 0 Å². The van der Waals surface area contributed by atoms with Crippen LogP contribution in [0, 0.1) is 13.8 Å². The van der Waals surface area contributed by atoms with Crippen molar-refractivity contribution in [3.05, 3.63) is 53.2 Å². The molecular weight excluding hydrogens is 206 g/mol. The molecule has 0 aliphatic rings. The first kappa shape index (κ1) is 11.8. The second kappa shape index (κ2) is 4.70. The second-order valence-electron chi connectivity index (χ2n) is 4.64. The van der Waals surface area contributed by atoms with Crippen LogP contribution in [-0.2, 0) is 13.5 Å². The van der Waals surface area contributed by atoms with E-state index in [1.165, 1.54) is 27.9 Å². The third-order valence-electron chi connectivity index (χ3n) is 3.39. The van der Waals surface area contributed by atoms with Gasteiger partial charge in [0.1, 0.15) is 7.05 Å². The summed E-state index contributed by atoms with van der Waals surface area (Å²) in [5, 5.41) is 0. The van der Waals surface area contributed by atoms with Gasteiger partial charge in [-0.05, 0) is 49.1 Å². The van der Waals surface area contributed by atoms with Gasteiger partial charge in [-0.25, -0.2) is 4.57 Å². The standard InChI is InChI=1S/C16H20N/c1-5-14-10-13(3)15(11-12(14)2)16-8-6-7-9-17(16)4/h6-11H,5H2,1-4H3/q+1. The van der Waals surface area contributed by atoms with Crippen molar-refractivity contribution < 1.29 is 4.57 Å². The van der Waals surface area contributed by atoms with E-state index in [1.807, 2.05) is 0 Å². The Bertz CT molecular complexity index is 541. The van der Waals surface area contributed by atoms with E-state index in [2.05, 4.69) is 68.9 Å². The molecule has 1 aromatic heterocycles. The molecule has 1 heterocycles. The van der Waals surface area contributed by atoms with Gasteiger partial charge in [-0.3, -0.25) is 0 Å². The number of aryl methyl sites for hydroxylation is 4. The van der Waals surface area contributed by atoms with Crippen molar-refractivity contribution in [3.8, 4) is 11.3 Å². The predicted octanol–water partition coefficient (Wildman–Crippen LogP) is 3.36. The van der Waals surface area contributed by atoms with E-state index < -0.39 is 0 Å². The third-order valence-corrected chi connectivity index (χ3v) is 3.39. The quantitative estimate of drug-likeness (QED) is 0.691.